The molecule has 0 radical (unpaired) electrons. The average Bonchev–Trinajstić information content (AvgIpc) is 2.70. The Labute approximate surface area is 172 Å². The number of methoxy groups -OCH3 is 1. The summed E-state index contributed by atoms with van der Waals surface area (Å²) in [4.78, 5) is 0. The van der Waals surface area contributed by atoms with Gasteiger partial charge < -0.3 is 19.3 Å². The van der Waals surface area contributed by atoms with Crippen LogP contribution in [0.1, 0.15) is 59.6 Å². The molecule has 0 amide bonds. The summed E-state index contributed by atoms with van der Waals surface area (Å²) < 4.78 is 15.7. The van der Waals surface area contributed by atoms with Gasteiger partial charge >= 0.3 is 0 Å². The Balaban J connectivity index is 0.000000521. The lowest BCUT2D eigenvalue weighted by Gasteiger charge is -2.17. The third kappa shape index (κ3) is 12.1. The van der Waals surface area contributed by atoms with Crippen molar-refractivity contribution in [1.82, 2.24) is 0 Å². The predicted molar refractivity (Wildman–Crippen MR) is 119 cm³/mol. The van der Waals surface area contributed by atoms with Crippen LogP contribution in [0.5, 0.6) is 0 Å². The minimum atomic E-state index is -0.422. The van der Waals surface area contributed by atoms with E-state index < -0.39 is 6.10 Å². The summed E-state index contributed by atoms with van der Waals surface area (Å²) in [5.41, 5.74) is 5.28. The van der Waals surface area contributed by atoms with Crippen LogP contribution in [0.3, 0.4) is 0 Å². The largest absolute Gasteiger partial charge is 0.391 e. The van der Waals surface area contributed by atoms with E-state index in [1.807, 2.05) is 13.8 Å². The van der Waals surface area contributed by atoms with Crippen molar-refractivity contribution in [2.75, 3.05) is 26.9 Å². The minimum absolute atomic E-state index is 0.00362. The molecule has 4 heteroatoms. The molecule has 0 spiro atoms. The lowest BCUT2D eigenvalue weighted by Crippen LogP contribution is -2.25. The van der Waals surface area contributed by atoms with E-state index >= 15 is 0 Å². The first kappa shape index (κ1) is 26.5. The van der Waals surface area contributed by atoms with Crippen molar-refractivity contribution in [3.8, 4) is 0 Å². The molecular weight excluding hydrogens is 352 g/mol. The summed E-state index contributed by atoms with van der Waals surface area (Å²) in [6, 6.07) is 8.67. The van der Waals surface area contributed by atoms with Crippen LogP contribution < -0.4 is 0 Å². The third-order valence-electron chi connectivity index (χ3n) is 4.28. The fourth-order valence-electron chi connectivity index (χ4n) is 2.28. The highest BCUT2D eigenvalue weighted by Crippen LogP contribution is 2.19. The van der Waals surface area contributed by atoms with Gasteiger partial charge in [-0.1, -0.05) is 30.4 Å². The molecule has 0 bridgehead atoms. The SMILES string of the molecule is C/C=C(\C)c1cccc(/C(C)=C/C)c1.COCC(C)OCC(C)OCC(C)O. The van der Waals surface area contributed by atoms with Crippen molar-refractivity contribution in [3.63, 3.8) is 0 Å². The summed E-state index contributed by atoms with van der Waals surface area (Å²) in [5.74, 6) is 0. The van der Waals surface area contributed by atoms with Gasteiger partial charge in [-0.15, -0.1) is 0 Å². The molecule has 0 fully saturated rings. The number of aliphatic hydroxyl groups excluding tert-OH is 1. The van der Waals surface area contributed by atoms with Crippen LogP contribution in [0, 0.1) is 0 Å². The first-order valence-corrected chi connectivity index (χ1v) is 10.0. The molecule has 0 heterocycles. The summed E-state index contributed by atoms with van der Waals surface area (Å²) in [6.07, 6.45) is 3.95. The van der Waals surface area contributed by atoms with Crippen LogP contribution in [-0.4, -0.2) is 50.3 Å². The smallest absolute Gasteiger partial charge is 0.0781 e. The highest BCUT2D eigenvalue weighted by molar-refractivity contribution is 5.70. The van der Waals surface area contributed by atoms with Gasteiger partial charge in [0.25, 0.3) is 0 Å². The van der Waals surface area contributed by atoms with Gasteiger partial charge in [0, 0.05) is 7.11 Å². The van der Waals surface area contributed by atoms with Crippen molar-refractivity contribution in [1.29, 1.82) is 0 Å². The number of hydrogen-bond acceptors (Lipinski definition) is 4. The molecule has 0 aromatic heterocycles. The maximum absolute atomic E-state index is 8.98. The maximum Gasteiger partial charge on any atom is 0.0781 e. The molecule has 1 aromatic carbocycles. The molecule has 0 aliphatic heterocycles. The van der Waals surface area contributed by atoms with E-state index in [0.717, 1.165) is 0 Å². The van der Waals surface area contributed by atoms with Crippen LogP contribution in [0.4, 0.5) is 0 Å². The standard InChI is InChI=1S/C14H18.C10H22O4/c1-5-11(3)13-8-7-9-14(10-13)12(4)6-2;1-8(11)5-13-10(3)7-14-9(2)6-12-4/h5-10H,1-4H3;8-11H,5-7H2,1-4H3/b11-5+,12-6+;. The average molecular weight is 393 g/mol. The molecule has 0 saturated carbocycles. The summed E-state index contributed by atoms with van der Waals surface area (Å²) in [7, 11) is 1.65. The fraction of sp³-hybridized carbons (Fsp3) is 0.583. The Kier molecular flexibility index (Phi) is 14.7. The number of aliphatic hydroxyl groups is 1. The molecule has 28 heavy (non-hydrogen) atoms. The number of allylic oxidation sites excluding steroid dienone is 4. The van der Waals surface area contributed by atoms with Crippen LogP contribution in [0.25, 0.3) is 11.1 Å². The van der Waals surface area contributed by atoms with Gasteiger partial charge in [0.2, 0.25) is 0 Å². The zero-order valence-corrected chi connectivity index (χ0v) is 19.0. The second-order valence-electron chi connectivity index (χ2n) is 7.12. The van der Waals surface area contributed by atoms with Crippen molar-refractivity contribution in [3.05, 3.63) is 47.5 Å². The molecule has 1 aromatic rings. The Morgan fingerprint density at radius 2 is 1.36 bits per heavy atom. The molecule has 0 aliphatic rings. The van der Waals surface area contributed by atoms with E-state index in [1.165, 1.54) is 22.3 Å². The predicted octanol–water partition coefficient (Wildman–Crippen LogP) is 5.36. The molecule has 3 unspecified atom stereocenters. The lowest BCUT2D eigenvalue weighted by molar-refractivity contribution is -0.0657. The molecule has 1 N–H and O–H groups in total. The fourth-order valence-corrected chi connectivity index (χ4v) is 2.28. The van der Waals surface area contributed by atoms with Gasteiger partial charge in [-0.05, 0) is 76.8 Å². The van der Waals surface area contributed by atoms with E-state index in [0.29, 0.717) is 19.8 Å². The number of rotatable bonds is 10. The second kappa shape index (κ2) is 15.5. The highest BCUT2D eigenvalue weighted by Gasteiger charge is 2.07. The summed E-state index contributed by atoms with van der Waals surface area (Å²) in [6.45, 7) is 15.5. The van der Waals surface area contributed by atoms with Crippen LogP contribution >= 0.6 is 0 Å². The van der Waals surface area contributed by atoms with E-state index in [4.69, 9.17) is 19.3 Å². The van der Waals surface area contributed by atoms with Crippen molar-refractivity contribution in [2.24, 2.45) is 0 Å². The first-order valence-electron chi connectivity index (χ1n) is 10.0. The molecule has 3 atom stereocenters. The van der Waals surface area contributed by atoms with Crippen molar-refractivity contribution >= 4 is 11.1 Å². The van der Waals surface area contributed by atoms with Crippen LogP contribution in [0.15, 0.2) is 36.4 Å². The van der Waals surface area contributed by atoms with Gasteiger partial charge in [-0.2, -0.15) is 0 Å². The zero-order valence-electron chi connectivity index (χ0n) is 19.0. The van der Waals surface area contributed by atoms with E-state index in [1.54, 1.807) is 14.0 Å². The topological polar surface area (TPSA) is 47.9 Å². The number of ether oxygens (including phenoxy) is 3. The van der Waals surface area contributed by atoms with Gasteiger partial charge in [-0.3, -0.25) is 0 Å². The van der Waals surface area contributed by atoms with Crippen LogP contribution in [-0.2, 0) is 14.2 Å². The number of hydrogen-bond donors (Lipinski definition) is 1. The van der Waals surface area contributed by atoms with Crippen molar-refractivity contribution in [2.45, 2.75) is 66.8 Å². The Morgan fingerprint density at radius 1 is 0.893 bits per heavy atom. The van der Waals surface area contributed by atoms with E-state index in [2.05, 4.69) is 64.1 Å². The van der Waals surface area contributed by atoms with E-state index in [-0.39, 0.29) is 12.2 Å². The number of benzene rings is 1. The molecule has 0 saturated heterocycles. The highest BCUT2D eigenvalue weighted by atomic mass is 16.6. The van der Waals surface area contributed by atoms with Gasteiger partial charge in [-0.25, -0.2) is 0 Å². The lowest BCUT2D eigenvalue weighted by atomic mass is 10.0. The molecule has 160 valence electrons. The molecular formula is C24H40O4. The van der Waals surface area contributed by atoms with Gasteiger partial charge in [0.15, 0.2) is 0 Å². The second-order valence-corrected chi connectivity index (χ2v) is 7.12. The Morgan fingerprint density at radius 3 is 1.79 bits per heavy atom. The summed E-state index contributed by atoms with van der Waals surface area (Å²) >= 11 is 0. The molecule has 4 nitrogen and oxygen atoms in total. The first-order chi connectivity index (χ1) is 13.2. The Bertz CT molecular complexity index is 557. The normalized spacial score (nSPS) is 15.5. The quantitative estimate of drug-likeness (QED) is 0.582. The maximum atomic E-state index is 8.98. The molecule has 0 aliphatic carbocycles. The van der Waals surface area contributed by atoms with Gasteiger partial charge in [0.05, 0.1) is 38.1 Å². The van der Waals surface area contributed by atoms with Gasteiger partial charge in [0.1, 0.15) is 0 Å². The Hall–Kier alpha value is -1.46. The van der Waals surface area contributed by atoms with Crippen LogP contribution in [0.2, 0.25) is 0 Å². The molecule has 1 rings (SSSR count). The zero-order chi connectivity index (χ0) is 21.5. The third-order valence-corrected chi connectivity index (χ3v) is 4.28. The van der Waals surface area contributed by atoms with E-state index in [9.17, 15) is 0 Å². The van der Waals surface area contributed by atoms with Crippen molar-refractivity contribution < 1.29 is 19.3 Å². The monoisotopic (exact) mass is 392 g/mol. The minimum Gasteiger partial charge on any atom is -0.391 e. The summed E-state index contributed by atoms with van der Waals surface area (Å²) in [5, 5.41) is 8.98.